The monoisotopic (exact) mass is 200 g/mol. The van der Waals surface area contributed by atoms with Gasteiger partial charge in [0.2, 0.25) is 5.91 Å². The average Bonchev–Trinajstić information content (AvgIpc) is 2.15. The first kappa shape index (κ1) is 10.4. The van der Waals surface area contributed by atoms with Gasteiger partial charge in [-0.2, -0.15) is 0 Å². The van der Waals surface area contributed by atoms with E-state index in [0.717, 1.165) is 0 Å². The first-order chi connectivity index (χ1) is 6.59. The van der Waals surface area contributed by atoms with Crippen molar-refractivity contribution < 1.29 is 13.6 Å². The number of anilines is 1. The van der Waals surface area contributed by atoms with Crippen LogP contribution in [0.25, 0.3) is 0 Å². The van der Waals surface area contributed by atoms with E-state index in [1.165, 1.54) is 18.2 Å². The topological polar surface area (TPSA) is 55.1 Å². The minimum Gasteiger partial charge on any atom is -0.376 e. The van der Waals surface area contributed by atoms with E-state index in [4.69, 9.17) is 5.73 Å². The largest absolute Gasteiger partial charge is 0.376 e. The maximum atomic E-state index is 12.2. The fraction of sp³-hybridized carbons (Fsp3) is 0.222. The third-order valence-corrected chi connectivity index (χ3v) is 1.61. The molecule has 14 heavy (non-hydrogen) atoms. The number of hydrogen-bond donors (Lipinski definition) is 2. The molecular weight excluding hydrogens is 190 g/mol. The molecule has 0 spiro atoms. The number of amides is 1. The molecule has 1 aromatic rings. The van der Waals surface area contributed by atoms with Crippen molar-refractivity contribution in [1.29, 1.82) is 0 Å². The number of benzene rings is 1. The number of halogens is 2. The lowest BCUT2D eigenvalue weighted by atomic mass is 10.2. The highest BCUT2D eigenvalue weighted by Crippen LogP contribution is 2.21. The summed E-state index contributed by atoms with van der Waals surface area (Å²) >= 11 is 0. The number of nitrogens with one attached hydrogen (secondary N) is 1. The first-order valence-electron chi connectivity index (χ1n) is 4.00. The van der Waals surface area contributed by atoms with Gasteiger partial charge in [0.25, 0.3) is 6.43 Å². The highest BCUT2D eigenvalue weighted by molar-refractivity contribution is 5.78. The Hall–Kier alpha value is -1.65. The third-order valence-electron chi connectivity index (χ3n) is 1.61. The molecule has 1 aromatic carbocycles. The lowest BCUT2D eigenvalue weighted by Gasteiger charge is -2.05. The predicted octanol–water partition coefficient (Wildman–Crippen LogP) is 1.52. The third kappa shape index (κ3) is 3.01. The van der Waals surface area contributed by atoms with Crippen LogP contribution >= 0.6 is 0 Å². The molecule has 5 heteroatoms. The summed E-state index contributed by atoms with van der Waals surface area (Å²) in [6.07, 6.45) is -2.51. The Kier molecular flexibility index (Phi) is 3.39. The average molecular weight is 200 g/mol. The van der Waals surface area contributed by atoms with Crippen LogP contribution in [0.4, 0.5) is 14.5 Å². The second-order valence-electron chi connectivity index (χ2n) is 2.75. The Morgan fingerprint density at radius 3 is 2.79 bits per heavy atom. The molecule has 0 saturated heterocycles. The van der Waals surface area contributed by atoms with Crippen molar-refractivity contribution in [2.24, 2.45) is 5.73 Å². The van der Waals surface area contributed by atoms with Crippen LogP contribution in [-0.4, -0.2) is 12.5 Å². The van der Waals surface area contributed by atoms with Crippen LogP contribution in [0.2, 0.25) is 0 Å². The number of rotatable bonds is 4. The van der Waals surface area contributed by atoms with E-state index in [-0.39, 0.29) is 12.1 Å². The molecule has 76 valence electrons. The second-order valence-corrected chi connectivity index (χ2v) is 2.75. The van der Waals surface area contributed by atoms with Crippen LogP contribution in [0, 0.1) is 0 Å². The zero-order valence-corrected chi connectivity index (χ0v) is 7.34. The number of carbonyl (C=O) groups is 1. The minimum atomic E-state index is -2.51. The number of hydrogen-bond acceptors (Lipinski definition) is 2. The number of alkyl halides is 2. The first-order valence-corrected chi connectivity index (χ1v) is 4.00. The second kappa shape index (κ2) is 4.55. The SMILES string of the molecule is NC(=O)CNc1cccc(C(F)F)c1. The van der Waals surface area contributed by atoms with Crippen molar-refractivity contribution in [2.75, 3.05) is 11.9 Å². The standard InChI is InChI=1S/C9H10F2N2O/c10-9(11)6-2-1-3-7(4-6)13-5-8(12)14/h1-4,9,13H,5H2,(H2,12,14). The Bertz CT molecular complexity index is 328. The summed E-state index contributed by atoms with van der Waals surface area (Å²) in [6, 6.07) is 5.69. The summed E-state index contributed by atoms with van der Waals surface area (Å²) in [4.78, 5) is 10.4. The fourth-order valence-electron chi connectivity index (χ4n) is 0.974. The number of carbonyl (C=O) groups excluding carboxylic acids is 1. The Labute approximate surface area is 79.9 Å². The van der Waals surface area contributed by atoms with E-state index in [9.17, 15) is 13.6 Å². The smallest absolute Gasteiger partial charge is 0.263 e. The molecular formula is C9H10F2N2O. The zero-order chi connectivity index (χ0) is 10.6. The molecule has 3 nitrogen and oxygen atoms in total. The van der Waals surface area contributed by atoms with Crippen molar-refractivity contribution in [2.45, 2.75) is 6.43 Å². The zero-order valence-electron chi connectivity index (χ0n) is 7.34. The summed E-state index contributed by atoms with van der Waals surface area (Å²) < 4.78 is 24.5. The van der Waals surface area contributed by atoms with Crippen molar-refractivity contribution in [3.8, 4) is 0 Å². The Morgan fingerprint density at radius 1 is 1.50 bits per heavy atom. The summed E-state index contributed by atoms with van der Waals surface area (Å²) in [7, 11) is 0. The van der Waals surface area contributed by atoms with Gasteiger partial charge in [0, 0.05) is 11.3 Å². The maximum absolute atomic E-state index is 12.2. The molecule has 0 fully saturated rings. The fourth-order valence-corrected chi connectivity index (χ4v) is 0.974. The van der Waals surface area contributed by atoms with E-state index >= 15 is 0 Å². The summed E-state index contributed by atoms with van der Waals surface area (Å²) in [5.41, 5.74) is 5.26. The van der Waals surface area contributed by atoms with E-state index in [0.29, 0.717) is 5.69 Å². The quantitative estimate of drug-likeness (QED) is 0.774. The van der Waals surface area contributed by atoms with Gasteiger partial charge in [0.15, 0.2) is 0 Å². The van der Waals surface area contributed by atoms with Gasteiger partial charge in [0.1, 0.15) is 0 Å². The molecule has 1 amide bonds. The van der Waals surface area contributed by atoms with Gasteiger partial charge in [-0.25, -0.2) is 8.78 Å². The highest BCUT2D eigenvalue weighted by Gasteiger charge is 2.06. The predicted molar refractivity (Wildman–Crippen MR) is 49.1 cm³/mol. The Balaban J connectivity index is 2.68. The lowest BCUT2D eigenvalue weighted by molar-refractivity contribution is -0.116. The van der Waals surface area contributed by atoms with Gasteiger partial charge in [-0.05, 0) is 12.1 Å². The molecule has 0 heterocycles. The number of nitrogens with two attached hydrogens (primary N) is 1. The normalized spacial score (nSPS) is 10.2. The summed E-state index contributed by atoms with van der Waals surface area (Å²) in [6.45, 7) is -0.0628. The van der Waals surface area contributed by atoms with Crippen molar-refractivity contribution in [3.05, 3.63) is 29.8 Å². The molecule has 0 aliphatic heterocycles. The molecule has 3 N–H and O–H groups in total. The van der Waals surface area contributed by atoms with E-state index in [2.05, 4.69) is 5.32 Å². The summed E-state index contributed by atoms with van der Waals surface area (Å²) in [5.74, 6) is -0.535. The molecule has 0 aliphatic rings. The minimum absolute atomic E-state index is 0.0628. The van der Waals surface area contributed by atoms with Crippen molar-refractivity contribution in [3.63, 3.8) is 0 Å². The van der Waals surface area contributed by atoms with Gasteiger partial charge in [0.05, 0.1) is 6.54 Å². The molecule has 0 atom stereocenters. The van der Waals surface area contributed by atoms with Crippen LogP contribution in [0.15, 0.2) is 24.3 Å². The molecule has 0 saturated carbocycles. The molecule has 0 unspecified atom stereocenters. The Morgan fingerprint density at radius 2 is 2.21 bits per heavy atom. The summed E-state index contributed by atoms with van der Waals surface area (Å²) in [5, 5.41) is 2.63. The van der Waals surface area contributed by atoms with E-state index in [1.54, 1.807) is 6.07 Å². The van der Waals surface area contributed by atoms with Crippen LogP contribution in [0.5, 0.6) is 0 Å². The van der Waals surface area contributed by atoms with Gasteiger partial charge in [-0.15, -0.1) is 0 Å². The highest BCUT2D eigenvalue weighted by atomic mass is 19.3. The van der Waals surface area contributed by atoms with Gasteiger partial charge >= 0.3 is 0 Å². The molecule has 1 rings (SSSR count). The van der Waals surface area contributed by atoms with Gasteiger partial charge < -0.3 is 11.1 Å². The van der Waals surface area contributed by atoms with Crippen molar-refractivity contribution >= 4 is 11.6 Å². The van der Waals surface area contributed by atoms with Gasteiger partial charge in [-0.3, -0.25) is 4.79 Å². The molecule has 0 aliphatic carbocycles. The lowest BCUT2D eigenvalue weighted by Crippen LogP contribution is -2.21. The van der Waals surface area contributed by atoms with Crippen molar-refractivity contribution in [1.82, 2.24) is 0 Å². The van der Waals surface area contributed by atoms with Crippen LogP contribution in [0.1, 0.15) is 12.0 Å². The van der Waals surface area contributed by atoms with Crippen LogP contribution < -0.4 is 11.1 Å². The van der Waals surface area contributed by atoms with Crippen LogP contribution in [-0.2, 0) is 4.79 Å². The van der Waals surface area contributed by atoms with Crippen LogP contribution in [0.3, 0.4) is 0 Å². The maximum Gasteiger partial charge on any atom is 0.263 e. The number of primary amides is 1. The molecule has 0 bridgehead atoms. The van der Waals surface area contributed by atoms with Gasteiger partial charge in [-0.1, -0.05) is 12.1 Å². The van der Waals surface area contributed by atoms with E-state index in [1.807, 2.05) is 0 Å². The molecule has 0 radical (unpaired) electrons. The molecule has 0 aromatic heterocycles. The van der Waals surface area contributed by atoms with E-state index < -0.39 is 12.3 Å².